The summed E-state index contributed by atoms with van der Waals surface area (Å²) < 4.78 is 18.9. The lowest BCUT2D eigenvalue weighted by Gasteiger charge is -2.15. The summed E-state index contributed by atoms with van der Waals surface area (Å²) >= 11 is 0. The van der Waals surface area contributed by atoms with Crippen molar-refractivity contribution in [1.29, 1.82) is 0 Å². The molecule has 2 N–H and O–H groups in total. The fraction of sp³-hybridized carbons (Fsp3) is 0.316. The summed E-state index contributed by atoms with van der Waals surface area (Å²) in [7, 11) is 0. The number of aliphatic imine (C=N–C) groups is 1. The van der Waals surface area contributed by atoms with Crippen LogP contribution in [0.25, 0.3) is 0 Å². The van der Waals surface area contributed by atoms with Gasteiger partial charge in [0.1, 0.15) is 17.7 Å². The van der Waals surface area contributed by atoms with Crippen LogP contribution in [0.1, 0.15) is 18.1 Å². The molecule has 25 heavy (non-hydrogen) atoms. The van der Waals surface area contributed by atoms with E-state index in [1.807, 2.05) is 25.1 Å². The number of nitrogens with one attached hydrogen (secondary N) is 2. The quantitative estimate of drug-likeness (QED) is 0.412. The van der Waals surface area contributed by atoms with E-state index in [1.165, 1.54) is 17.7 Å². The van der Waals surface area contributed by atoms with E-state index < -0.39 is 0 Å². The molecule has 2 aromatic carbocycles. The van der Waals surface area contributed by atoms with Crippen molar-refractivity contribution in [2.75, 3.05) is 13.1 Å². The summed E-state index contributed by atoms with van der Waals surface area (Å²) in [5.74, 6) is 1.48. The van der Waals surface area contributed by atoms with Gasteiger partial charge in [-0.15, -0.1) is 24.0 Å². The number of guanidine groups is 1. The maximum Gasteiger partial charge on any atom is 0.191 e. The molecule has 134 valence electrons. The number of halogens is 2. The first-order valence-electron chi connectivity index (χ1n) is 8.26. The highest BCUT2D eigenvalue weighted by atomic mass is 127. The maximum atomic E-state index is 12.9. The van der Waals surface area contributed by atoms with Crippen molar-refractivity contribution in [3.63, 3.8) is 0 Å². The van der Waals surface area contributed by atoms with Gasteiger partial charge in [0.25, 0.3) is 0 Å². The summed E-state index contributed by atoms with van der Waals surface area (Å²) in [5.41, 5.74) is 2.22. The molecular formula is C19H23FIN3O. The highest BCUT2D eigenvalue weighted by Gasteiger charge is 2.22. The zero-order valence-electron chi connectivity index (χ0n) is 14.2. The molecule has 0 radical (unpaired) electrons. The summed E-state index contributed by atoms with van der Waals surface area (Å²) in [5, 5.41) is 6.54. The molecule has 0 spiro atoms. The minimum atomic E-state index is -0.231. The molecule has 0 aromatic heterocycles. The Bertz CT molecular complexity index is 681. The van der Waals surface area contributed by atoms with Gasteiger partial charge in [-0.3, -0.25) is 0 Å². The first-order chi connectivity index (χ1) is 11.7. The third-order valence-electron chi connectivity index (χ3n) is 3.89. The van der Waals surface area contributed by atoms with Crippen LogP contribution < -0.4 is 15.4 Å². The lowest BCUT2D eigenvalue weighted by Crippen LogP contribution is -2.42. The predicted molar refractivity (Wildman–Crippen MR) is 109 cm³/mol. The van der Waals surface area contributed by atoms with Crippen LogP contribution in [0.3, 0.4) is 0 Å². The number of rotatable bonds is 5. The first kappa shape index (κ1) is 19.5. The minimum absolute atomic E-state index is 0. The molecule has 0 fully saturated rings. The minimum Gasteiger partial charge on any atom is -0.488 e. The van der Waals surface area contributed by atoms with E-state index in [2.05, 4.69) is 21.7 Å². The SMILES string of the molecule is CCNC(=NCc1ccc(F)cc1)NCC1Cc2ccccc2O1.I. The molecule has 0 bridgehead atoms. The van der Waals surface area contributed by atoms with E-state index >= 15 is 0 Å². The zero-order valence-corrected chi connectivity index (χ0v) is 16.5. The van der Waals surface area contributed by atoms with Crippen LogP contribution in [0, 0.1) is 5.82 Å². The number of benzene rings is 2. The number of fused-ring (bicyclic) bond motifs is 1. The van der Waals surface area contributed by atoms with Gasteiger partial charge < -0.3 is 15.4 Å². The molecule has 2 aromatic rings. The van der Waals surface area contributed by atoms with E-state index in [9.17, 15) is 4.39 Å². The van der Waals surface area contributed by atoms with E-state index in [-0.39, 0.29) is 35.9 Å². The van der Waals surface area contributed by atoms with Gasteiger partial charge in [-0.2, -0.15) is 0 Å². The number of nitrogens with zero attached hydrogens (tertiary/aromatic N) is 1. The molecule has 0 aliphatic carbocycles. The second-order valence-electron chi connectivity index (χ2n) is 5.75. The van der Waals surface area contributed by atoms with Crippen molar-refractivity contribution in [3.8, 4) is 5.75 Å². The molecule has 0 amide bonds. The van der Waals surface area contributed by atoms with Gasteiger partial charge in [0, 0.05) is 13.0 Å². The number of para-hydroxylation sites is 1. The van der Waals surface area contributed by atoms with Crippen LogP contribution in [0.15, 0.2) is 53.5 Å². The third-order valence-corrected chi connectivity index (χ3v) is 3.89. The molecule has 0 saturated heterocycles. The molecule has 1 aliphatic heterocycles. The highest BCUT2D eigenvalue weighted by Crippen LogP contribution is 2.27. The Morgan fingerprint density at radius 2 is 1.92 bits per heavy atom. The Balaban J connectivity index is 0.00000225. The van der Waals surface area contributed by atoms with Gasteiger partial charge in [-0.1, -0.05) is 30.3 Å². The summed E-state index contributed by atoms with van der Waals surface area (Å²) in [6, 6.07) is 14.5. The van der Waals surface area contributed by atoms with Gasteiger partial charge >= 0.3 is 0 Å². The molecule has 1 atom stereocenters. The third kappa shape index (κ3) is 5.59. The van der Waals surface area contributed by atoms with Crippen molar-refractivity contribution >= 4 is 29.9 Å². The van der Waals surface area contributed by atoms with Crippen molar-refractivity contribution in [2.45, 2.75) is 26.0 Å². The van der Waals surface area contributed by atoms with Gasteiger partial charge in [-0.05, 0) is 36.2 Å². The second-order valence-corrected chi connectivity index (χ2v) is 5.75. The van der Waals surface area contributed by atoms with Crippen molar-refractivity contribution in [1.82, 2.24) is 10.6 Å². The summed E-state index contributed by atoms with van der Waals surface area (Å²) in [6.07, 6.45) is 1.01. The summed E-state index contributed by atoms with van der Waals surface area (Å²) in [6.45, 7) is 3.99. The van der Waals surface area contributed by atoms with E-state index in [0.29, 0.717) is 13.1 Å². The Kier molecular flexibility index (Phi) is 7.49. The number of ether oxygens (including phenoxy) is 1. The molecule has 3 rings (SSSR count). The van der Waals surface area contributed by atoms with Crippen molar-refractivity contribution in [3.05, 3.63) is 65.5 Å². The van der Waals surface area contributed by atoms with Crippen LogP contribution >= 0.6 is 24.0 Å². The normalized spacial score (nSPS) is 15.8. The molecule has 0 saturated carbocycles. The Hall–Kier alpha value is -1.83. The molecule has 1 unspecified atom stereocenters. The fourth-order valence-corrected chi connectivity index (χ4v) is 2.68. The Morgan fingerprint density at radius 1 is 1.16 bits per heavy atom. The smallest absolute Gasteiger partial charge is 0.191 e. The van der Waals surface area contributed by atoms with Crippen LogP contribution in [-0.4, -0.2) is 25.2 Å². The Labute approximate surface area is 164 Å². The predicted octanol–water partition coefficient (Wildman–Crippen LogP) is 3.50. The van der Waals surface area contributed by atoms with Crippen LogP contribution in [-0.2, 0) is 13.0 Å². The summed E-state index contributed by atoms with van der Waals surface area (Å²) in [4.78, 5) is 4.54. The number of hydrogen-bond donors (Lipinski definition) is 2. The van der Waals surface area contributed by atoms with Crippen LogP contribution in [0.4, 0.5) is 4.39 Å². The molecule has 1 heterocycles. The van der Waals surface area contributed by atoms with Crippen LogP contribution in [0.2, 0.25) is 0 Å². The average molecular weight is 455 g/mol. The monoisotopic (exact) mass is 455 g/mol. The molecule has 4 nitrogen and oxygen atoms in total. The zero-order chi connectivity index (χ0) is 16.8. The topological polar surface area (TPSA) is 45.7 Å². The molecule has 1 aliphatic rings. The van der Waals surface area contributed by atoms with E-state index in [0.717, 1.165) is 30.2 Å². The van der Waals surface area contributed by atoms with E-state index in [4.69, 9.17) is 4.74 Å². The maximum absolute atomic E-state index is 12.9. The van der Waals surface area contributed by atoms with E-state index in [1.54, 1.807) is 12.1 Å². The highest BCUT2D eigenvalue weighted by molar-refractivity contribution is 14.0. The lowest BCUT2D eigenvalue weighted by molar-refractivity contribution is 0.235. The van der Waals surface area contributed by atoms with Gasteiger partial charge in [-0.25, -0.2) is 9.38 Å². The van der Waals surface area contributed by atoms with Crippen LogP contribution in [0.5, 0.6) is 5.75 Å². The van der Waals surface area contributed by atoms with Gasteiger partial charge in [0.05, 0.1) is 13.1 Å². The number of hydrogen-bond acceptors (Lipinski definition) is 2. The molecule has 6 heteroatoms. The standard InChI is InChI=1S/C19H22FN3O.HI/c1-2-21-19(22-12-14-7-9-16(20)10-8-14)23-13-17-11-15-5-3-4-6-18(15)24-17;/h3-10,17H,2,11-13H2,1H3,(H2,21,22,23);1H. The fourth-order valence-electron chi connectivity index (χ4n) is 2.68. The second kappa shape index (κ2) is 9.60. The lowest BCUT2D eigenvalue weighted by atomic mass is 10.1. The Morgan fingerprint density at radius 3 is 2.64 bits per heavy atom. The van der Waals surface area contributed by atoms with Crippen molar-refractivity contribution in [2.24, 2.45) is 4.99 Å². The van der Waals surface area contributed by atoms with Gasteiger partial charge in [0.15, 0.2) is 5.96 Å². The molecular weight excluding hydrogens is 432 g/mol. The van der Waals surface area contributed by atoms with Gasteiger partial charge in [0.2, 0.25) is 0 Å². The first-order valence-corrected chi connectivity index (χ1v) is 8.26. The largest absolute Gasteiger partial charge is 0.488 e. The average Bonchev–Trinajstić information content (AvgIpc) is 3.02. The van der Waals surface area contributed by atoms with Crippen molar-refractivity contribution < 1.29 is 9.13 Å².